The summed E-state index contributed by atoms with van der Waals surface area (Å²) >= 11 is 0. The highest BCUT2D eigenvalue weighted by molar-refractivity contribution is 6.37. The lowest BCUT2D eigenvalue weighted by atomic mass is 9.73. The fourth-order valence-electron chi connectivity index (χ4n) is 8.85. The molecular weight excluding hydrogens is 618 g/mol. The van der Waals surface area contributed by atoms with Crippen LogP contribution in [0.4, 0.5) is 0 Å². The van der Waals surface area contributed by atoms with E-state index >= 15 is 0 Å². The van der Waals surface area contributed by atoms with E-state index in [0.717, 1.165) is 77.0 Å². The molecule has 4 aliphatic rings. The Hall–Kier alpha value is -3.08. The second-order valence-corrected chi connectivity index (χ2v) is 16.6. The topological polar surface area (TPSA) is 154 Å². The minimum absolute atomic E-state index is 0.0148. The number of likely N-dealkylation sites (tertiary alicyclic amines) is 1. The van der Waals surface area contributed by atoms with Crippen molar-refractivity contribution in [1.29, 1.82) is 0 Å². The molecule has 0 bridgehead atoms. The van der Waals surface area contributed by atoms with E-state index in [1.807, 2.05) is 45.0 Å². The number of carbonyl (C=O) groups is 4. The van der Waals surface area contributed by atoms with Gasteiger partial charge in [0.2, 0.25) is 17.6 Å². The summed E-state index contributed by atoms with van der Waals surface area (Å²) in [4.78, 5) is 55.2. The molecule has 3 amide bonds. The third kappa shape index (κ3) is 8.99. The number of aliphatic hydroxyl groups excluding tert-OH is 1. The van der Waals surface area contributed by atoms with Crippen LogP contribution in [0.1, 0.15) is 110 Å². The van der Waals surface area contributed by atoms with Gasteiger partial charge in [-0.1, -0.05) is 102 Å². The van der Waals surface area contributed by atoms with Crippen molar-refractivity contribution >= 4 is 23.5 Å². The zero-order valence-corrected chi connectivity index (χ0v) is 29.8. The average Bonchev–Trinajstić information content (AvgIpc) is 3.54. The first-order valence-corrected chi connectivity index (χ1v) is 18.6. The standard InChI is InChI=1S/C39H59N5O5/c1-5-38(18-12-13-19-38)28-23-30(34(47)41-29(22-26-16-17-26)31(45)33(40)46)44(25-28)35(48)32(37(2,3)4)42-36(49)43-39(20-10-7-11-21-39)24-27-14-8-6-9-15-27/h5-6,8-9,14-15,26,28-30,32,36,42-43,49H,1,7,10-13,16-25H2,2-4H3,(H2,40,46)(H,41,47)/t28-,29?,30+,32-,36?/m1/s1. The highest BCUT2D eigenvalue weighted by Crippen LogP contribution is 2.50. The third-order valence-corrected chi connectivity index (χ3v) is 11.9. The Morgan fingerprint density at radius 1 is 1.02 bits per heavy atom. The molecule has 1 heterocycles. The maximum absolute atomic E-state index is 14.8. The lowest BCUT2D eigenvalue weighted by Crippen LogP contribution is -2.64. The van der Waals surface area contributed by atoms with Gasteiger partial charge in [0.25, 0.3) is 5.91 Å². The summed E-state index contributed by atoms with van der Waals surface area (Å²) in [6.45, 7) is 10.4. The van der Waals surface area contributed by atoms with Crippen molar-refractivity contribution in [3.63, 3.8) is 0 Å². The van der Waals surface area contributed by atoms with Gasteiger partial charge in [0.15, 0.2) is 6.35 Å². The van der Waals surface area contributed by atoms with Gasteiger partial charge in [0.1, 0.15) is 6.04 Å². The number of hydrogen-bond acceptors (Lipinski definition) is 7. The maximum atomic E-state index is 14.8. The molecule has 0 radical (unpaired) electrons. The fourth-order valence-corrected chi connectivity index (χ4v) is 8.85. The van der Waals surface area contributed by atoms with Crippen molar-refractivity contribution in [3.8, 4) is 0 Å². The van der Waals surface area contributed by atoms with E-state index < -0.39 is 47.5 Å². The van der Waals surface area contributed by atoms with Crippen LogP contribution in [-0.2, 0) is 25.6 Å². The van der Waals surface area contributed by atoms with E-state index in [1.165, 1.54) is 5.56 Å². The van der Waals surface area contributed by atoms with Crippen LogP contribution < -0.4 is 21.7 Å². The zero-order chi connectivity index (χ0) is 35.4. The Balaban J connectivity index is 1.38. The molecule has 4 fully saturated rings. The van der Waals surface area contributed by atoms with Gasteiger partial charge in [-0.2, -0.15) is 0 Å². The zero-order valence-electron chi connectivity index (χ0n) is 29.8. The third-order valence-electron chi connectivity index (χ3n) is 11.9. The Labute approximate surface area is 292 Å². The maximum Gasteiger partial charge on any atom is 0.287 e. The molecule has 3 saturated carbocycles. The molecule has 5 rings (SSSR count). The Morgan fingerprint density at radius 2 is 1.65 bits per heavy atom. The predicted octanol–water partition coefficient (Wildman–Crippen LogP) is 4.10. The van der Waals surface area contributed by atoms with E-state index in [-0.39, 0.29) is 28.7 Å². The summed E-state index contributed by atoms with van der Waals surface area (Å²) in [7, 11) is 0. The van der Waals surface area contributed by atoms with Gasteiger partial charge in [-0.05, 0) is 73.2 Å². The quantitative estimate of drug-likeness (QED) is 0.106. The molecule has 10 nitrogen and oxygen atoms in total. The van der Waals surface area contributed by atoms with E-state index in [4.69, 9.17) is 5.73 Å². The molecule has 5 atom stereocenters. The van der Waals surface area contributed by atoms with Crippen LogP contribution in [0.25, 0.3) is 0 Å². The number of primary amides is 1. The van der Waals surface area contributed by atoms with E-state index in [2.05, 4.69) is 34.7 Å². The Kier molecular flexibility index (Phi) is 11.7. The number of rotatable bonds is 15. The summed E-state index contributed by atoms with van der Waals surface area (Å²) in [5.74, 6) is -2.30. The average molecular weight is 678 g/mol. The number of ketones is 1. The summed E-state index contributed by atoms with van der Waals surface area (Å²) in [5.41, 5.74) is 5.46. The molecule has 3 aliphatic carbocycles. The number of Topliss-reactive ketones (excluding diaryl/α,β-unsaturated/α-hetero) is 1. The highest BCUT2D eigenvalue weighted by Gasteiger charge is 2.51. The van der Waals surface area contributed by atoms with Crippen molar-refractivity contribution < 1.29 is 24.3 Å². The van der Waals surface area contributed by atoms with Crippen LogP contribution in [0.2, 0.25) is 0 Å². The number of benzene rings is 1. The van der Waals surface area contributed by atoms with Crippen LogP contribution in [0.5, 0.6) is 0 Å². The lowest BCUT2D eigenvalue weighted by Gasteiger charge is -2.43. The minimum Gasteiger partial charge on any atom is -0.365 e. The number of nitrogens with one attached hydrogen (secondary N) is 3. The largest absolute Gasteiger partial charge is 0.365 e. The molecule has 0 aromatic heterocycles. The summed E-state index contributed by atoms with van der Waals surface area (Å²) < 4.78 is 0. The molecule has 270 valence electrons. The Morgan fingerprint density at radius 3 is 2.22 bits per heavy atom. The number of aliphatic hydroxyl groups is 1. The molecule has 1 aromatic carbocycles. The number of hydrogen-bond donors (Lipinski definition) is 5. The van der Waals surface area contributed by atoms with E-state index in [9.17, 15) is 24.3 Å². The van der Waals surface area contributed by atoms with Gasteiger partial charge in [-0.25, -0.2) is 0 Å². The molecule has 0 spiro atoms. The summed E-state index contributed by atoms with van der Waals surface area (Å²) in [5, 5.41) is 21.2. The predicted molar refractivity (Wildman–Crippen MR) is 190 cm³/mol. The number of carbonyl (C=O) groups excluding carboxylic acids is 4. The van der Waals surface area contributed by atoms with Crippen molar-refractivity contribution in [2.45, 2.75) is 141 Å². The monoisotopic (exact) mass is 677 g/mol. The van der Waals surface area contributed by atoms with Crippen molar-refractivity contribution in [2.24, 2.45) is 28.4 Å². The molecular formula is C39H59N5O5. The molecule has 1 aromatic rings. The van der Waals surface area contributed by atoms with E-state index in [1.54, 1.807) is 4.90 Å². The molecule has 1 aliphatic heterocycles. The van der Waals surface area contributed by atoms with Gasteiger partial charge in [-0.15, -0.1) is 6.58 Å². The molecule has 1 saturated heterocycles. The normalized spacial score (nSPS) is 25.3. The van der Waals surface area contributed by atoms with Gasteiger partial charge in [-0.3, -0.25) is 29.8 Å². The van der Waals surface area contributed by atoms with Crippen LogP contribution in [0.15, 0.2) is 43.0 Å². The molecule has 2 unspecified atom stereocenters. The van der Waals surface area contributed by atoms with Gasteiger partial charge < -0.3 is 21.1 Å². The summed E-state index contributed by atoms with van der Waals surface area (Å²) in [6, 6.07) is 7.63. The number of nitrogens with zero attached hydrogens (tertiary/aromatic N) is 1. The van der Waals surface area contributed by atoms with Crippen LogP contribution >= 0.6 is 0 Å². The second kappa shape index (κ2) is 15.4. The molecule has 6 N–H and O–H groups in total. The molecule has 49 heavy (non-hydrogen) atoms. The molecule has 10 heteroatoms. The first-order chi connectivity index (χ1) is 23.3. The van der Waals surface area contributed by atoms with Crippen molar-refractivity contribution in [3.05, 3.63) is 48.6 Å². The number of amides is 3. The second-order valence-electron chi connectivity index (χ2n) is 16.6. The van der Waals surface area contributed by atoms with Crippen molar-refractivity contribution in [1.82, 2.24) is 20.9 Å². The highest BCUT2D eigenvalue weighted by atomic mass is 16.3. The SMILES string of the molecule is C=CC1([C@@H]2C[C@@H](C(=O)NC(CC3CC3)C(=O)C(N)=O)N(C(=O)[C@@H](NC(O)NC3(Cc4ccccc4)CCCCC3)C(C)(C)C)C2)CCCC1. The smallest absolute Gasteiger partial charge is 0.287 e. The van der Waals surface area contributed by atoms with Crippen LogP contribution in [0.3, 0.4) is 0 Å². The van der Waals surface area contributed by atoms with Gasteiger partial charge in [0, 0.05) is 12.1 Å². The van der Waals surface area contributed by atoms with Gasteiger partial charge >= 0.3 is 0 Å². The van der Waals surface area contributed by atoms with Crippen LogP contribution in [-0.4, -0.2) is 70.1 Å². The lowest BCUT2D eigenvalue weighted by molar-refractivity contribution is -0.144. The number of allylic oxidation sites excluding steroid dienone is 1. The first kappa shape index (κ1) is 37.2. The van der Waals surface area contributed by atoms with Crippen LogP contribution in [0, 0.1) is 22.7 Å². The Bertz CT molecular complexity index is 1340. The summed E-state index contributed by atoms with van der Waals surface area (Å²) in [6.07, 6.45) is 13.5. The van der Waals surface area contributed by atoms with E-state index in [0.29, 0.717) is 19.4 Å². The van der Waals surface area contributed by atoms with Crippen molar-refractivity contribution in [2.75, 3.05) is 6.54 Å². The first-order valence-electron chi connectivity index (χ1n) is 18.6. The minimum atomic E-state index is -1.16. The fraction of sp³-hybridized carbons (Fsp3) is 0.692. The van der Waals surface area contributed by atoms with Gasteiger partial charge in [0.05, 0.1) is 12.1 Å². The number of nitrogens with two attached hydrogens (primary N) is 1.